The third-order valence-electron chi connectivity index (χ3n) is 7.03. The molecular formula is C30H27F2N5O2. The summed E-state index contributed by atoms with van der Waals surface area (Å²) in [6, 6.07) is 20.2. The van der Waals surface area contributed by atoms with Gasteiger partial charge in [0.25, 0.3) is 5.91 Å². The lowest BCUT2D eigenvalue weighted by Crippen LogP contribution is -2.48. The minimum Gasteiger partial charge on any atom is -0.368 e. The van der Waals surface area contributed by atoms with Gasteiger partial charge in [-0.05, 0) is 67.4 Å². The molecule has 1 N–H and O–H groups in total. The van der Waals surface area contributed by atoms with E-state index in [9.17, 15) is 18.8 Å². The number of hydrogen-bond acceptors (Lipinski definition) is 6. The molecule has 0 radical (unpaired) electrons. The first-order valence-corrected chi connectivity index (χ1v) is 12.6. The quantitative estimate of drug-likeness (QED) is 0.351. The molecule has 0 bridgehead atoms. The number of rotatable bonds is 6. The van der Waals surface area contributed by atoms with E-state index in [1.54, 1.807) is 50.2 Å². The number of carbonyl (C=O) groups is 1. The van der Waals surface area contributed by atoms with Crippen molar-refractivity contribution in [1.29, 1.82) is 5.26 Å². The van der Waals surface area contributed by atoms with E-state index in [0.29, 0.717) is 54.4 Å². The highest BCUT2D eigenvalue weighted by molar-refractivity contribution is 6.05. The van der Waals surface area contributed by atoms with E-state index in [-0.39, 0.29) is 23.6 Å². The van der Waals surface area contributed by atoms with Gasteiger partial charge in [-0.2, -0.15) is 5.26 Å². The molecule has 1 amide bonds. The van der Waals surface area contributed by atoms with Crippen LogP contribution in [0, 0.1) is 36.8 Å². The third kappa shape index (κ3) is 5.52. The molecule has 3 aromatic carbocycles. The predicted molar refractivity (Wildman–Crippen MR) is 144 cm³/mol. The van der Waals surface area contributed by atoms with Gasteiger partial charge in [0.05, 0.1) is 23.0 Å². The van der Waals surface area contributed by atoms with Crippen LogP contribution in [0.1, 0.15) is 44.5 Å². The van der Waals surface area contributed by atoms with E-state index < -0.39 is 0 Å². The summed E-state index contributed by atoms with van der Waals surface area (Å²) in [4.78, 5) is 17.1. The Kier molecular flexibility index (Phi) is 7.39. The van der Waals surface area contributed by atoms with Crippen LogP contribution in [-0.4, -0.2) is 42.1 Å². The van der Waals surface area contributed by atoms with Gasteiger partial charge in [0.1, 0.15) is 29.0 Å². The second-order valence-electron chi connectivity index (χ2n) is 9.53. The molecule has 1 aromatic heterocycles. The standard InChI is InChI=1S/C30H27F2N5O2/c1-19-28(20(2)39-35-19)30(38)34-26-11-12-27(23(17-26)18-33)36-13-15-37(16-14-36)29(21-3-7-24(31)8-4-21)22-5-9-25(32)10-6-22/h3-12,17,29H,13-16H2,1-2H3,(H,34,38). The van der Waals surface area contributed by atoms with Crippen LogP contribution in [0.15, 0.2) is 71.3 Å². The fraction of sp³-hybridized carbons (Fsp3) is 0.233. The van der Waals surface area contributed by atoms with Gasteiger partial charge >= 0.3 is 0 Å². The summed E-state index contributed by atoms with van der Waals surface area (Å²) in [6.07, 6.45) is 0. The lowest BCUT2D eigenvalue weighted by molar-refractivity contribution is 0.102. The summed E-state index contributed by atoms with van der Waals surface area (Å²) in [5.74, 6) is -0.530. The average molecular weight is 528 g/mol. The maximum absolute atomic E-state index is 13.6. The van der Waals surface area contributed by atoms with Crippen LogP contribution in [-0.2, 0) is 0 Å². The number of carbonyl (C=O) groups excluding carboxylic acids is 1. The minimum absolute atomic E-state index is 0.161. The first-order valence-electron chi connectivity index (χ1n) is 12.6. The predicted octanol–water partition coefficient (Wildman–Crippen LogP) is 5.61. The number of nitrogens with zero attached hydrogens (tertiary/aromatic N) is 4. The van der Waals surface area contributed by atoms with E-state index in [1.807, 2.05) is 6.07 Å². The number of benzene rings is 3. The summed E-state index contributed by atoms with van der Waals surface area (Å²) in [5, 5.41) is 16.5. The van der Waals surface area contributed by atoms with Crippen molar-refractivity contribution in [2.75, 3.05) is 36.4 Å². The number of nitriles is 1. The van der Waals surface area contributed by atoms with Gasteiger partial charge in [0, 0.05) is 31.9 Å². The van der Waals surface area contributed by atoms with Crippen LogP contribution >= 0.6 is 0 Å². The average Bonchev–Trinajstić information content (AvgIpc) is 3.29. The van der Waals surface area contributed by atoms with Crippen molar-refractivity contribution in [3.05, 3.63) is 112 Å². The van der Waals surface area contributed by atoms with Crippen molar-refractivity contribution in [2.45, 2.75) is 19.9 Å². The second kappa shape index (κ2) is 11.1. The monoisotopic (exact) mass is 527 g/mol. The molecule has 1 aliphatic heterocycles. The number of amides is 1. The molecule has 0 saturated carbocycles. The fourth-order valence-electron chi connectivity index (χ4n) is 5.11. The molecule has 2 heterocycles. The van der Waals surface area contributed by atoms with E-state index >= 15 is 0 Å². The van der Waals surface area contributed by atoms with Gasteiger partial charge < -0.3 is 14.7 Å². The Morgan fingerprint density at radius 1 is 0.949 bits per heavy atom. The Hall–Kier alpha value is -4.55. The number of anilines is 2. The number of piperazine rings is 1. The molecule has 39 heavy (non-hydrogen) atoms. The van der Waals surface area contributed by atoms with Gasteiger partial charge in [-0.1, -0.05) is 29.4 Å². The van der Waals surface area contributed by atoms with Gasteiger partial charge in [0.2, 0.25) is 0 Å². The van der Waals surface area contributed by atoms with Crippen molar-refractivity contribution in [2.24, 2.45) is 0 Å². The molecule has 0 aliphatic carbocycles. The number of hydrogen-bond donors (Lipinski definition) is 1. The van der Waals surface area contributed by atoms with E-state index in [2.05, 4.69) is 26.3 Å². The Balaban J connectivity index is 1.32. The summed E-state index contributed by atoms with van der Waals surface area (Å²) >= 11 is 0. The first kappa shape index (κ1) is 26.1. The maximum Gasteiger partial charge on any atom is 0.261 e. The molecule has 7 nitrogen and oxygen atoms in total. The highest BCUT2D eigenvalue weighted by atomic mass is 19.1. The van der Waals surface area contributed by atoms with Crippen LogP contribution in [0.4, 0.5) is 20.2 Å². The zero-order valence-corrected chi connectivity index (χ0v) is 21.6. The molecule has 1 saturated heterocycles. The lowest BCUT2D eigenvalue weighted by Gasteiger charge is -2.41. The number of aryl methyl sites for hydroxylation is 2. The number of aromatic nitrogens is 1. The zero-order chi connectivity index (χ0) is 27.5. The molecule has 5 rings (SSSR count). The van der Waals surface area contributed by atoms with Crippen molar-refractivity contribution in [3.8, 4) is 6.07 Å². The Labute approximate surface area is 225 Å². The van der Waals surface area contributed by atoms with Gasteiger partial charge in [-0.25, -0.2) is 8.78 Å². The molecule has 0 unspecified atom stereocenters. The maximum atomic E-state index is 13.6. The number of nitrogens with one attached hydrogen (secondary N) is 1. The molecule has 1 aliphatic rings. The van der Waals surface area contributed by atoms with E-state index in [4.69, 9.17) is 4.52 Å². The summed E-state index contributed by atoms with van der Waals surface area (Å²) in [7, 11) is 0. The van der Waals surface area contributed by atoms with Crippen molar-refractivity contribution in [1.82, 2.24) is 10.1 Å². The SMILES string of the molecule is Cc1noc(C)c1C(=O)Nc1ccc(N2CCN(C(c3ccc(F)cc3)c3ccc(F)cc3)CC2)c(C#N)c1. The van der Waals surface area contributed by atoms with Crippen molar-refractivity contribution in [3.63, 3.8) is 0 Å². The van der Waals surface area contributed by atoms with Crippen molar-refractivity contribution >= 4 is 17.3 Å². The lowest BCUT2D eigenvalue weighted by atomic mass is 9.96. The molecule has 0 atom stereocenters. The first-order chi connectivity index (χ1) is 18.8. The number of halogens is 2. The Bertz CT molecular complexity index is 1450. The largest absolute Gasteiger partial charge is 0.368 e. The van der Waals surface area contributed by atoms with Crippen molar-refractivity contribution < 1.29 is 18.1 Å². The van der Waals surface area contributed by atoms with Gasteiger partial charge in [-0.15, -0.1) is 0 Å². The van der Waals surface area contributed by atoms with Gasteiger partial charge in [0.15, 0.2) is 0 Å². The molecular weight excluding hydrogens is 500 g/mol. The summed E-state index contributed by atoms with van der Waals surface area (Å²) < 4.78 is 32.4. The smallest absolute Gasteiger partial charge is 0.261 e. The fourth-order valence-corrected chi connectivity index (χ4v) is 5.11. The highest BCUT2D eigenvalue weighted by Gasteiger charge is 2.28. The van der Waals surface area contributed by atoms with E-state index in [0.717, 1.165) is 16.8 Å². The molecule has 1 fully saturated rings. The molecule has 9 heteroatoms. The second-order valence-corrected chi connectivity index (χ2v) is 9.53. The molecule has 0 spiro atoms. The summed E-state index contributed by atoms with van der Waals surface area (Å²) in [5.41, 5.74) is 4.47. The van der Waals surface area contributed by atoms with Crippen LogP contribution in [0.2, 0.25) is 0 Å². The third-order valence-corrected chi connectivity index (χ3v) is 7.03. The highest BCUT2D eigenvalue weighted by Crippen LogP contribution is 2.32. The zero-order valence-electron chi connectivity index (χ0n) is 21.6. The van der Waals surface area contributed by atoms with Crippen LogP contribution in [0.3, 0.4) is 0 Å². The van der Waals surface area contributed by atoms with Gasteiger partial charge in [-0.3, -0.25) is 9.69 Å². The van der Waals surface area contributed by atoms with E-state index in [1.165, 1.54) is 24.3 Å². The topological polar surface area (TPSA) is 85.4 Å². The van der Waals surface area contributed by atoms with Crippen LogP contribution in [0.25, 0.3) is 0 Å². The summed E-state index contributed by atoms with van der Waals surface area (Å²) in [6.45, 7) is 6.03. The van der Waals surface area contributed by atoms with Crippen LogP contribution < -0.4 is 10.2 Å². The Morgan fingerprint density at radius 3 is 2.05 bits per heavy atom. The normalized spacial score (nSPS) is 13.9. The Morgan fingerprint density at radius 2 is 1.54 bits per heavy atom. The minimum atomic E-state index is -0.343. The van der Waals surface area contributed by atoms with Crippen LogP contribution in [0.5, 0.6) is 0 Å². The molecule has 198 valence electrons. The molecule has 4 aromatic rings.